The summed E-state index contributed by atoms with van der Waals surface area (Å²) in [4.78, 5) is 14.3. The van der Waals surface area contributed by atoms with Crippen molar-refractivity contribution < 1.29 is 18.7 Å². The highest BCUT2D eigenvalue weighted by Gasteiger charge is 2.20. The molecule has 4 nitrogen and oxygen atoms in total. The molecule has 1 amide bonds. The quantitative estimate of drug-likeness (QED) is 0.835. The van der Waals surface area contributed by atoms with Gasteiger partial charge >= 0.3 is 0 Å². The molecule has 2 rings (SSSR count). The Hall–Kier alpha value is -1.53. The number of carbonyl (C=O) groups excluding carboxylic acids is 1. The van der Waals surface area contributed by atoms with Crippen molar-refractivity contribution in [2.24, 2.45) is 5.92 Å². The van der Waals surface area contributed by atoms with Crippen LogP contribution in [0, 0.1) is 17.6 Å². The average molecular weight is 340 g/mol. The van der Waals surface area contributed by atoms with Gasteiger partial charge < -0.3 is 15.3 Å². The molecule has 1 saturated heterocycles. The molecule has 134 valence electrons. The van der Waals surface area contributed by atoms with Gasteiger partial charge in [0.25, 0.3) is 0 Å². The van der Waals surface area contributed by atoms with E-state index in [1.807, 2.05) is 0 Å². The lowest BCUT2D eigenvalue weighted by atomic mass is 9.99. The van der Waals surface area contributed by atoms with Crippen LogP contribution in [-0.2, 0) is 4.79 Å². The summed E-state index contributed by atoms with van der Waals surface area (Å²) in [7, 11) is 0. The number of amides is 1. The fourth-order valence-corrected chi connectivity index (χ4v) is 2.91. The highest BCUT2D eigenvalue weighted by atomic mass is 19.2. The number of carbonyl (C=O) groups is 1. The van der Waals surface area contributed by atoms with E-state index in [2.05, 4.69) is 17.1 Å². The van der Waals surface area contributed by atoms with Crippen molar-refractivity contribution in [3.63, 3.8) is 0 Å². The molecule has 2 atom stereocenters. The monoisotopic (exact) mass is 340 g/mol. The third kappa shape index (κ3) is 5.24. The summed E-state index contributed by atoms with van der Waals surface area (Å²) in [5, 5.41) is 12.8. The molecule has 0 spiro atoms. The largest absolute Gasteiger partial charge is 0.390 e. The van der Waals surface area contributed by atoms with Crippen molar-refractivity contribution in [1.29, 1.82) is 0 Å². The molecule has 1 aromatic carbocycles. The average Bonchev–Trinajstić information content (AvgIpc) is 2.56. The lowest BCUT2D eigenvalue weighted by Crippen LogP contribution is -2.43. The van der Waals surface area contributed by atoms with Crippen LogP contribution in [-0.4, -0.2) is 48.2 Å². The molecule has 0 unspecified atom stereocenters. The van der Waals surface area contributed by atoms with Crippen molar-refractivity contribution in [2.75, 3.05) is 26.2 Å². The molecule has 0 saturated carbocycles. The van der Waals surface area contributed by atoms with Gasteiger partial charge in [-0.3, -0.25) is 4.79 Å². The Balaban J connectivity index is 1.78. The van der Waals surface area contributed by atoms with Gasteiger partial charge in [0.2, 0.25) is 5.91 Å². The van der Waals surface area contributed by atoms with E-state index in [0.29, 0.717) is 12.1 Å². The first-order chi connectivity index (χ1) is 11.4. The van der Waals surface area contributed by atoms with E-state index < -0.39 is 23.7 Å². The molecule has 0 bridgehead atoms. The number of aliphatic hydroxyl groups is 1. The number of rotatable bonds is 6. The van der Waals surface area contributed by atoms with Crippen LogP contribution in [0.4, 0.5) is 8.78 Å². The number of benzene rings is 1. The molecule has 6 heteroatoms. The van der Waals surface area contributed by atoms with Crippen molar-refractivity contribution >= 4 is 5.91 Å². The van der Waals surface area contributed by atoms with E-state index in [-0.39, 0.29) is 12.5 Å². The van der Waals surface area contributed by atoms with Crippen LogP contribution in [0.3, 0.4) is 0 Å². The first kappa shape index (κ1) is 18.8. The maximum atomic E-state index is 13.3. The summed E-state index contributed by atoms with van der Waals surface area (Å²) in [5.41, 5.74) is 0.408. The van der Waals surface area contributed by atoms with Crippen LogP contribution in [0.2, 0.25) is 0 Å². The second-order valence-electron chi connectivity index (χ2n) is 6.78. The highest BCUT2D eigenvalue weighted by molar-refractivity contribution is 5.83. The lowest BCUT2D eigenvalue weighted by molar-refractivity contribution is -0.122. The third-order valence-corrected chi connectivity index (χ3v) is 4.69. The van der Waals surface area contributed by atoms with Gasteiger partial charge in [-0.25, -0.2) is 8.78 Å². The molecular formula is C18H26F2N2O2. The summed E-state index contributed by atoms with van der Waals surface area (Å²) in [5.74, 6) is -2.09. The van der Waals surface area contributed by atoms with Gasteiger partial charge in [0.15, 0.2) is 11.6 Å². The Morgan fingerprint density at radius 1 is 1.33 bits per heavy atom. The van der Waals surface area contributed by atoms with Crippen LogP contribution in [0.1, 0.15) is 38.2 Å². The number of hydrogen-bond acceptors (Lipinski definition) is 3. The Bertz CT molecular complexity index is 560. The fourth-order valence-electron chi connectivity index (χ4n) is 2.91. The topological polar surface area (TPSA) is 52.6 Å². The van der Waals surface area contributed by atoms with Crippen LogP contribution >= 0.6 is 0 Å². The maximum Gasteiger partial charge on any atom is 0.227 e. The number of halogens is 2. The van der Waals surface area contributed by atoms with Crippen molar-refractivity contribution in [2.45, 2.75) is 38.7 Å². The minimum absolute atomic E-state index is 0.152. The number of likely N-dealkylation sites (tertiary alicyclic amines) is 1. The minimum atomic E-state index is -0.966. The third-order valence-electron chi connectivity index (χ3n) is 4.69. The summed E-state index contributed by atoms with van der Waals surface area (Å²) < 4.78 is 26.2. The molecular weight excluding hydrogens is 314 g/mol. The zero-order valence-corrected chi connectivity index (χ0v) is 14.3. The molecule has 2 N–H and O–H groups in total. The standard InChI is InChI=1S/C18H26F2N2O2/c1-12-5-7-22(8-6-12)11-15(23)10-21-18(24)13(2)14-3-4-16(19)17(20)9-14/h3-4,9,12-13,15,23H,5-8,10-11H2,1-2H3,(H,21,24)/t13-,15-/m1/s1. The highest BCUT2D eigenvalue weighted by Crippen LogP contribution is 2.18. The zero-order valence-electron chi connectivity index (χ0n) is 14.3. The van der Waals surface area contributed by atoms with Gasteiger partial charge in [-0.2, -0.15) is 0 Å². The minimum Gasteiger partial charge on any atom is -0.390 e. The Labute approximate surface area is 141 Å². The Morgan fingerprint density at radius 3 is 2.62 bits per heavy atom. The molecule has 0 radical (unpaired) electrons. The summed E-state index contributed by atoms with van der Waals surface area (Å²) in [6.07, 6.45) is 1.62. The Morgan fingerprint density at radius 2 is 2.00 bits per heavy atom. The van der Waals surface area contributed by atoms with E-state index in [1.165, 1.54) is 6.07 Å². The van der Waals surface area contributed by atoms with Crippen molar-refractivity contribution in [1.82, 2.24) is 10.2 Å². The van der Waals surface area contributed by atoms with Gasteiger partial charge in [0.05, 0.1) is 12.0 Å². The summed E-state index contributed by atoms with van der Waals surface area (Å²) in [6.45, 7) is 6.48. The molecule has 1 fully saturated rings. The maximum absolute atomic E-state index is 13.3. The number of β-amino-alcohol motifs (C(OH)–C–C–N with tert-alkyl or cyclic N) is 1. The number of nitrogens with one attached hydrogen (secondary N) is 1. The molecule has 1 aliphatic rings. The fraction of sp³-hybridized carbons (Fsp3) is 0.611. The molecule has 0 aliphatic carbocycles. The van der Waals surface area contributed by atoms with E-state index >= 15 is 0 Å². The number of aliphatic hydroxyl groups excluding tert-OH is 1. The SMILES string of the molecule is CC1CCN(C[C@H](O)CNC(=O)[C@H](C)c2ccc(F)c(F)c2)CC1. The van der Waals surface area contributed by atoms with Gasteiger partial charge in [0.1, 0.15) is 0 Å². The predicted octanol–water partition coefficient (Wildman–Crippen LogP) is 2.28. The van der Waals surface area contributed by atoms with Gasteiger partial charge in [-0.15, -0.1) is 0 Å². The van der Waals surface area contributed by atoms with Crippen LogP contribution < -0.4 is 5.32 Å². The first-order valence-corrected chi connectivity index (χ1v) is 8.50. The van der Waals surface area contributed by atoms with E-state index in [1.54, 1.807) is 6.92 Å². The molecule has 24 heavy (non-hydrogen) atoms. The number of nitrogens with zero attached hydrogens (tertiary/aromatic N) is 1. The van der Waals surface area contributed by atoms with E-state index in [9.17, 15) is 18.7 Å². The second-order valence-corrected chi connectivity index (χ2v) is 6.78. The lowest BCUT2D eigenvalue weighted by Gasteiger charge is -2.31. The summed E-state index contributed by atoms with van der Waals surface area (Å²) in [6, 6.07) is 3.44. The number of piperidine rings is 1. The molecule has 1 aliphatic heterocycles. The number of hydrogen-bond donors (Lipinski definition) is 2. The first-order valence-electron chi connectivity index (χ1n) is 8.50. The zero-order chi connectivity index (χ0) is 17.7. The summed E-state index contributed by atoms with van der Waals surface area (Å²) >= 11 is 0. The molecule has 1 aromatic rings. The smallest absolute Gasteiger partial charge is 0.227 e. The van der Waals surface area contributed by atoms with Crippen LogP contribution in [0.25, 0.3) is 0 Å². The Kier molecular flexibility index (Phi) is 6.69. The molecule has 0 aromatic heterocycles. The van der Waals surface area contributed by atoms with E-state index in [4.69, 9.17) is 0 Å². The molecule has 1 heterocycles. The van der Waals surface area contributed by atoms with Crippen LogP contribution in [0.5, 0.6) is 0 Å². The normalized spacial score (nSPS) is 19.0. The van der Waals surface area contributed by atoms with E-state index in [0.717, 1.165) is 44.0 Å². The van der Waals surface area contributed by atoms with Gasteiger partial charge in [0, 0.05) is 13.1 Å². The van der Waals surface area contributed by atoms with Crippen molar-refractivity contribution in [3.05, 3.63) is 35.4 Å². The van der Waals surface area contributed by atoms with Gasteiger partial charge in [-0.1, -0.05) is 13.0 Å². The van der Waals surface area contributed by atoms with Crippen LogP contribution in [0.15, 0.2) is 18.2 Å². The van der Waals surface area contributed by atoms with Gasteiger partial charge in [-0.05, 0) is 56.5 Å². The predicted molar refractivity (Wildman–Crippen MR) is 88.6 cm³/mol. The van der Waals surface area contributed by atoms with Crippen molar-refractivity contribution in [3.8, 4) is 0 Å². The second kappa shape index (κ2) is 8.53.